The lowest BCUT2D eigenvalue weighted by Crippen LogP contribution is -2.21. The maximum atomic E-state index is 12.1. The van der Waals surface area contributed by atoms with Crippen LogP contribution in [0.4, 0.5) is 5.69 Å². The van der Waals surface area contributed by atoms with Gasteiger partial charge in [0.1, 0.15) is 5.75 Å². The third kappa shape index (κ3) is 4.97. The summed E-state index contributed by atoms with van der Waals surface area (Å²) in [7, 11) is 1.31. The molecule has 0 fully saturated rings. The van der Waals surface area contributed by atoms with Crippen molar-refractivity contribution in [3.63, 3.8) is 0 Å². The van der Waals surface area contributed by atoms with Gasteiger partial charge in [-0.1, -0.05) is 24.6 Å². The highest BCUT2D eigenvalue weighted by molar-refractivity contribution is 6.31. The van der Waals surface area contributed by atoms with Crippen molar-refractivity contribution >= 4 is 29.2 Å². The Labute approximate surface area is 151 Å². The van der Waals surface area contributed by atoms with E-state index in [1.54, 1.807) is 30.3 Å². The van der Waals surface area contributed by atoms with Gasteiger partial charge in [0.05, 0.1) is 12.7 Å². The van der Waals surface area contributed by atoms with Crippen LogP contribution in [0.5, 0.6) is 5.75 Å². The Morgan fingerprint density at radius 1 is 1.16 bits per heavy atom. The van der Waals surface area contributed by atoms with Crippen molar-refractivity contribution in [2.75, 3.05) is 19.0 Å². The van der Waals surface area contributed by atoms with Crippen molar-refractivity contribution in [1.29, 1.82) is 0 Å². The highest BCUT2D eigenvalue weighted by Crippen LogP contribution is 2.23. The second kappa shape index (κ2) is 8.53. The summed E-state index contributed by atoms with van der Waals surface area (Å²) in [6.45, 7) is 3.69. The Balaban J connectivity index is 2.02. The van der Waals surface area contributed by atoms with Gasteiger partial charge in [-0.2, -0.15) is 0 Å². The van der Waals surface area contributed by atoms with Crippen molar-refractivity contribution in [2.24, 2.45) is 0 Å². The van der Waals surface area contributed by atoms with Crippen LogP contribution >= 0.6 is 11.6 Å². The minimum atomic E-state index is -0.458. The summed E-state index contributed by atoms with van der Waals surface area (Å²) in [5, 5.41) is 3.42. The van der Waals surface area contributed by atoms with Crippen molar-refractivity contribution in [3.8, 4) is 5.75 Å². The summed E-state index contributed by atoms with van der Waals surface area (Å²) in [4.78, 5) is 23.7. The van der Waals surface area contributed by atoms with Crippen LogP contribution in [0.25, 0.3) is 0 Å². The normalized spacial score (nSPS) is 10.2. The van der Waals surface area contributed by atoms with Crippen molar-refractivity contribution in [1.82, 2.24) is 0 Å². The van der Waals surface area contributed by atoms with Crippen molar-refractivity contribution < 1.29 is 19.1 Å². The Kier molecular flexibility index (Phi) is 6.42. The minimum Gasteiger partial charge on any atom is -0.484 e. The van der Waals surface area contributed by atoms with E-state index in [0.717, 1.165) is 17.5 Å². The molecule has 0 heterocycles. The van der Waals surface area contributed by atoms with E-state index < -0.39 is 5.97 Å². The first-order chi connectivity index (χ1) is 11.9. The van der Waals surface area contributed by atoms with Crippen LogP contribution < -0.4 is 10.1 Å². The Morgan fingerprint density at radius 2 is 1.92 bits per heavy atom. The van der Waals surface area contributed by atoms with Crippen LogP contribution in [0, 0.1) is 6.92 Å². The molecule has 0 bridgehead atoms. The number of methoxy groups -OCH3 is 1. The first-order valence-electron chi connectivity index (χ1n) is 7.84. The molecule has 132 valence electrons. The molecule has 0 saturated carbocycles. The first-order valence-corrected chi connectivity index (χ1v) is 8.22. The van der Waals surface area contributed by atoms with Crippen LogP contribution in [0.2, 0.25) is 5.02 Å². The number of esters is 1. The minimum absolute atomic E-state index is 0.146. The van der Waals surface area contributed by atoms with Crippen LogP contribution in [0.1, 0.15) is 28.4 Å². The molecule has 2 aromatic rings. The van der Waals surface area contributed by atoms with E-state index in [1.165, 1.54) is 7.11 Å². The maximum Gasteiger partial charge on any atom is 0.337 e. The van der Waals surface area contributed by atoms with Gasteiger partial charge in [-0.25, -0.2) is 4.79 Å². The molecule has 2 rings (SSSR count). The molecular formula is C19H20ClNO4. The standard InChI is InChI=1S/C19H20ClNO4/c1-4-13-9-15(7-8-16(13)20)25-11-18(22)21-17-10-14(19(23)24-3)6-5-12(17)2/h5-10H,4,11H2,1-3H3,(H,21,22). The third-order valence-electron chi connectivity index (χ3n) is 3.70. The molecule has 0 saturated heterocycles. The number of hydrogen-bond donors (Lipinski definition) is 1. The van der Waals surface area contributed by atoms with Crippen LogP contribution in [0.3, 0.4) is 0 Å². The summed E-state index contributed by atoms with van der Waals surface area (Å²) in [5.74, 6) is -0.199. The number of aryl methyl sites for hydroxylation is 2. The van der Waals surface area contributed by atoms with Gasteiger partial charge >= 0.3 is 5.97 Å². The zero-order chi connectivity index (χ0) is 18.4. The molecule has 0 radical (unpaired) electrons. The Hall–Kier alpha value is -2.53. The van der Waals surface area contributed by atoms with E-state index in [4.69, 9.17) is 16.3 Å². The topological polar surface area (TPSA) is 64.6 Å². The number of carbonyl (C=O) groups excluding carboxylic acids is 2. The average Bonchev–Trinajstić information content (AvgIpc) is 2.62. The number of anilines is 1. The molecule has 6 heteroatoms. The summed E-state index contributed by atoms with van der Waals surface area (Å²) in [5.41, 5.74) is 2.71. The van der Waals surface area contributed by atoms with Crippen molar-refractivity contribution in [3.05, 3.63) is 58.1 Å². The molecule has 0 aliphatic carbocycles. The third-order valence-corrected chi connectivity index (χ3v) is 4.07. The van der Waals surface area contributed by atoms with Gasteiger partial charge in [-0.05, 0) is 54.8 Å². The fourth-order valence-corrected chi connectivity index (χ4v) is 2.50. The molecule has 5 nitrogen and oxygen atoms in total. The predicted molar refractivity (Wildman–Crippen MR) is 97.5 cm³/mol. The monoisotopic (exact) mass is 361 g/mol. The number of ether oxygens (including phenoxy) is 2. The van der Waals surface area contributed by atoms with Crippen LogP contribution in [0.15, 0.2) is 36.4 Å². The maximum absolute atomic E-state index is 12.1. The lowest BCUT2D eigenvalue weighted by molar-refractivity contribution is -0.118. The number of hydrogen-bond acceptors (Lipinski definition) is 4. The average molecular weight is 362 g/mol. The van der Waals surface area contributed by atoms with Crippen molar-refractivity contribution in [2.45, 2.75) is 20.3 Å². The smallest absolute Gasteiger partial charge is 0.337 e. The largest absolute Gasteiger partial charge is 0.484 e. The fraction of sp³-hybridized carbons (Fsp3) is 0.263. The first kappa shape index (κ1) is 18.8. The molecule has 0 unspecified atom stereocenters. The highest BCUT2D eigenvalue weighted by Gasteiger charge is 2.11. The van der Waals surface area contributed by atoms with Gasteiger partial charge in [0.25, 0.3) is 5.91 Å². The molecule has 0 atom stereocenters. The van der Waals surface area contributed by atoms with Gasteiger partial charge in [-0.3, -0.25) is 4.79 Å². The second-order valence-electron chi connectivity index (χ2n) is 5.46. The van der Waals surface area contributed by atoms with Gasteiger partial charge < -0.3 is 14.8 Å². The van der Waals surface area contributed by atoms with Gasteiger partial charge in [-0.15, -0.1) is 0 Å². The number of amides is 1. The number of halogens is 1. The number of nitrogens with one attached hydrogen (secondary N) is 1. The molecule has 2 aromatic carbocycles. The molecule has 0 aromatic heterocycles. The summed E-state index contributed by atoms with van der Waals surface area (Å²) in [6.07, 6.45) is 0.780. The number of carbonyl (C=O) groups is 2. The summed E-state index contributed by atoms with van der Waals surface area (Å²) in [6, 6.07) is 10.3. The van der Waals surface area contributed by atoms with Crippen LogP contribution in [-0.2, 0) is 16.0 Å². The van der Waals surface area contributed by atoms with E-state index >= 15 is 0 Å². The number of benzene rings is 2. The zero-order valence-corrected chi connectivity index (χ0v) is 15.1. The van der Waals surface area contributed by atoms with E-state index in [-0.39, 0.29) is 12.5 Å². The zero-order valence-electron chi connectivity index (χ0n) is 14.4. The van der Waals surface area contributed by atoms with Gasteiger partial charge in [0.15, 0.2) is 6.61 Å². The predicted octanol–water partition coefficient (Wildman–Crippen LogP) is 4.01. The summed E-state index contributed by atoms with van der Waals surface area (Å²) >= 11 is 6.06. The van der Waals surface area contributed by atoms with E-state index in [9.17, 15) is 9.59 Å². The molecular weight excluding hydrogens is 342 g/mol. The van der Waals surface area contributed by atoms with E-state index in [1.807, 2.05) is 19.9 Å². The molecule has 1 amide bonds. The molecule has 0 aliphatic heterocycles. The van der Waals surface area contributed by atoms with Gasteiger partial charge in [0, 0.05) is 10.7 Å². The fourth-order valence-electron chi connectivity index (χ4n) is 2.25. The second-order valence-corrected chi connectivity index (χ2v) is 5.87. The lowest BCUT2D eigenvalue weighted by Gasteiger charge is -2.11. The molecule has 0 spiro atoms. The SMILES string of the molecule is CCc1cc(OCC(=O)Nc2cc(C(=O)OC)ccc2C)ccc1Cl. The quantitative estimate of drug-likeness (QED) is 0.789. The molecule has 0 aliphatic rings. The Bertz CT molecular complexity index is 789. The van der Waals surface area contributed by atoms with Gasteiger partial charge in [0.2, 0.25) is 0 Å². The van der Waals surface area contributed by atoms with E-state index in [0.29, 0.717) is 22.0 Å². The molecule has 1 N–H and O–H groups in total. The van der Waals surface area contributed by atoms with Crippen LogP contribution in [-0.4, -0.2) is 25.6 Å². The Morgan fingerprint density at radius 3 is 2.60 bits per heavy atom. The highest BCUT2D eigenvalue weighted by atomic mass is 35.5. The lowest BCUT2D eigenvalue weighted by atomic mass is 10.1. The summed E-state index contributed by atoms with van der Waals surface area (Å²) < 4.78 is 10.2. The molecule has 25 heavy (non-hydrogen) atoms. The van der Waals surface area contributed by atoms with E-state index in [2.05, 4.69) is 10.1 Å². The number of rotatable bonds is 6.